The zero-order valence-corrected chi connectivity index (χ0v) is 14.5. The van der Waals surface area contributed by atoms with Gasteiger partial charge in [-0.05, 0) is 25.3 Å². The molecule has 6 heteroatoms. The third kappa shape index (κ3) is 4.63. The lowest BCUT2D eigenvalue weighted by molar-refractivity contribution is -0.124. The van der Waals surface area contributed by atoms with Crippen LogP contribution in [0, 0.1) is 0 Å². The Morgan fingerprint density at radius 3 is 2.83 bits per heavy atom. The SMILES string of the molecule is CCCCNC(=O)C1CCCN1C(=O)NCc1ccccc1OC. The molecular weight excluding hydrogens is 306 g/mol. The molecule has 2 rings (SSSR count). The predicted octanol–water partition coefficient (Wildman–Crippen LogP) is 2.29. The zero-order valence-electron chi connectivity index (χ0n) is 14.5. The van der Waals surface area contributed by atoms with Gasteiger partial charge in [0.15, 0.2) is 0 Å². The third-order valence-electron chi connectivity index (χ3n) is 4.27. The molecule has 6 nitrogen and oxygen atoms in total. The minimum atomic E-state index is -0.362. The normalized spacial score (nSPS) is 16.8. The van der Waals surface area contributed by atoms with Crippen molar-refractivity contribution >= 4 is 11.9 Å². The largest absolute Gasteiger partial charge is 0.496 e. The van der Waals surface area contributed by atoms with Crippen molar-refractivity contribution in [1.82, 2.24) is 15.5 Å². The number of likely N-dealkylation sites (tertiary alicyclic amines) is 1. The summed E-state index contributed by atoms with van der Waals surface area (Å²) in [6.07, 6.45) is 3.57. The number of hydrogen-bond donors (Lipinski definition) is 2. The molecule has 0 spiro atoms. The highest BCUT2D eigenvalue weighted by atomic mass is 16.5. The van der Waals surface area contributed by atoms with Gasteiger partial charge in [-0.1, -0.05) is 31.5 Å². The molecule has 1 fully saturated rings. The van der Waals surface area contributed by atoms with Crippen LogP contribution in [0.25, 0.3) is 0 Å². The van der Waals surface area contributed by atoms with Crippen molar-refractivity contribution in [2.24, 2.45) is 0 Å². The zero-order chi connectivity index (χ0) is 17.4. The number of para-hydroxylation sites is 1. The number of benzene rings is 1. The minimum Gasteiger partial charge on any atom is -0.496 e. The Kier molecular flexibility index (Phi) is 6.90. The van der Waals surface area contributed by atoms with Gasteiger partial charge in [-0.15, -0.1) is 0 Å². The van der Waals surface area contributed by atoms with Crippen LogP contribution < -0.4 is 15.4 Å². The van der Waals surface area contributed by atoms with Crippen molar-refractivity contribution in [2.45, 2.75) is 45.2 Å². The van der Waals surface area contributed by atoms with Crippen molar-refractivity contribution in [3.05, 3.63) is 29.8 Å². The maximum atomic E-state index is 12.5. The fourth-order valence-corrected chi connectivity index (χ4v) is 2.91. The predicted molar refractivity (Wildman–Crippen MR) is 92.9 cm³/mol. The van der Waals surface area contributed by atoms with E-state index in [2.05, 4.69) is 17.6 Å². The van der Waals surface area contributed by atoms with Crippen molar-refractivity contribution in [3.8, 4) is 5.75 Å². The molecule has 0 aromatic heterocycles. The summed E-state index contributed by atoms with van der Waals surface area (Å²) in [6, 6.07) is 7.01. The molecule has 1 heterocycles. The summed E-state index contributed by atoms with van der Waals surface area (Å²) in [7, 11) is 1.61. The van der Waals surface area contributed by atoms with Crippen LogP contribution in [0.2, 0.25) is 0 Å². The van der Waals surface area contributed by atoms with Crippen LogP contribution in [0.5, 0.6) is 5.75 Å². The summed E-state index contributed by atoms with van der Waals surface area (Å²) in [5.41, 5.74) is 0.913. The first-order valence-electron chi connectivity index (χ1n) is 8.61. The fourth-order valence-electron chi connectivity index (χ4n) is 2.91. The summed E-state index contributed by atoms with van der Waals surface area (Å²) in [4.78, 5) is 26.3. The molecule has 1 aromatic rings. The molecule has 1 aromatic carbocycles. The van der Waals surface area contributed by atoms with Gasteiger partial charge in [-0.25, -0.2) is 4.79 Å². The number of urea groups is 1. The quantitative estimate of drug-likeness (QED) is 0.752. The minimum absolute atomic E-state index is 0.0478. The molecule has 1 atom stereocenters. The van der Waals surface area contributed by atoms with Crippen LogP contribution >= 0.6 is 0 Å². The summed E-state index contributed by atoms with van der Waals surface area (Å²) in [6.45, 7) is 3.75. The molecule has 1 unspecified atom stereocenters. The molecule has 3 amide bonds. The second kappa shape index (κ2) is 9.15. The van der Waals surface area contributed by atoms with Crippen LogP contribution in [0.1, 0.15) is 38.2 Å². The molecule has 0 aliphatic carbocycles. The number of amides is 3. The average Bonchev–Trinajstić information content (AvgIpc) is 3.10. The van der Waals surface area contributed by atoms with Gasteiger partial charge in [0.2, 0.25) is 5.91 Å². The highest BCUT2D eigenvalue weighted by molar-refractivity contribution is 5.87. The standard InChI is InChI=1S/C18H27N3O3/c1-3-4-11-19-17(22)15-9-7-12-21(15)18(23)20-13-14-8-5-6-10-16(14)24-2/h5-6,8,10,15H,3-4,7,9,11-13H2,1-2H3,(H,19,22)(H,20,23). The van der Waals surface area contributed by atoms with Gasteiger partial charge in [0.05, 0.1) is 7.11 Å². The fraction of sp³-hybridized carbons (Fsp3) is 0.556. The van der Waals surface area contributed by atoms with E-state index in [0.29, 0.717) is 19.6 Å². The molecule has 1 aliphatic heterocycles. The Bertz CT molecular complexity index is 562. The maximum absolute atomic E-state index is 12.5. The van der Waals surface area contributed by atoms with E-state index >= 15 is 0 Å². The van der Waals surface area contributed by atoms with Crippen LogP contribution in [-0.4, -0.2) is 43.1 Å². The molecule has 1 aliphatic rings. The molecule has 24 heavy (non-hydrogen) atoms. The van der Waals surface area contributed by atoms with E-state index in [1.165, 1.54) is 0 Å². The van der Waals surface area contributed by atoms with Crippen LogP contribution in [0.15, 0.2) is 24.3 Å². The van der Waals surface area contributed by atoms with Crippen molar-refractivity contribution in [2.75, 3.05) is 20.2 Å². The second-order valence-corrected chi connectivity index (χ2v) is 5.97. The molecule has 1 saturated heterocycles. The number of hydrogen-bond acceptors (Lipinski definition) is 3. The topological polar surface area (TPSA) is 70.7 Å². The highest BCUT2D eigenvalue weighted by Gasteiger charge is 2.33. The number of nitrogens with one attached hydrogen (secondary N) is 2. The second-order valence-electron chi connectivity index (χ2n) is 5.97. The summed E-state index contributed by atoms with van der Waals surface area (Å²) in [5, 5.41) is 5.82. The van der Waals surface area contributed by atoms with E-state index in [-0.39, 0.29) is 18.0 Å². The number of carbonyl (C=O) groups excluding carboxylic acids is 2. The first kappa shape index (κ1) is 18.1. The van der Waals surface area contributed by atoms with Crippen molar-refractivity contribution in [1.29, 1.82) is 0 Å². The number of nitrogens with zero attached hydrogens (tertiary/aromatic N) is 1. The average molecular weight is 333 g/mol. The number of unbranched alkanes of at least 4 members (excludes halogenated alkanes) is 1. The maximum Gasteiger partial charge on any atom is 0.318 e. The number of ether oxygens (including phenoxy) is 1. The molecular formula is C18H27N3O3. The highest BCUT2D eigenvalue weighted by Crippen LogP contribution is 2.19. The van der Waals surface area contributed by atoms with Crippen LogP contribution in [-0.2, 0) is 11.3 Å². The Labute approximate surface area is 143 Å². The van der Waals surface area contributed by atoms with E-state index in [1.807, 2.05) is 24.3 Å². The number of carbonyl (C=O) groups is 2. The Morgan fingerprint density at radius 1 is 1.29 bits per heavy atom. The summed E-state index contributed by atoms with van der Waals surface area (Å²) < 4.78 is 5.29. The van der Waals surface area contributed by atoms with Gasteiger partial charge >= 0.3 is 6.03 Å². The van der Waals surface area contributed by atoms with E-state index in [1.54, 1.807) is 12.0 Å². The monoisotopic (exact) mass is 333 g/mol. The lowest BCUT2D eigenvalue weighted by atomic mass is 10.2. The first-order chi connectivity index (χ1) is 11.7. The molecule has 132 valence electrons. The van der Waals surface area contributed by atoms with E-state index in [0.717, 1.165) is 37.0 Å². The summed E-state index contributed by atoms with van der Waals surface area (Å²) in [5.74, 6) is 0.696. The summed E-state index contributed by atoms with van der Waals surface area (Å²) >= 11 is 0. The van der Waals surface area contributed by atoms with Crippen LogP contribution in [0.3, 0.4) is 0 Å². The number of methoxy groups -OCH3 is 1. The Hall–Kier alpha value is -2.24. The van der Waals surface area contributed by atoms with Gasteiger partial charge in [-0.2, -0.15) is 0 Å². The van der Waals surface area contributed by atoms with E-state index in [4.69, 9.17) is 4.74 Å². The van der Waals surface area contributed by atoms with Gasteiger partial charge in [-0.3, -0.25) is 4.79 Å². The van der Waals surface area contributed by atoms with Gasteiger partial charge < -0.3 is 20.3 Å². The molecule has 0 radical (unpaired) electrons. The van der Waals surface area contributed by atoms with Gasteiger partial charge in [0, 0.05) is 25.2 Å². The van der Waals surface area contributed by atoms with Gasteiger partial charge in [0.1, 0.15) is 11.8 Å². The molecule has 0 saturated carbocycles. The molecule has 0 bridgehead atoms. The number of rotatable bonds is 7. The molecule has 2 N–H and O–H groups in total. The lowest BCUT2D eigenvalue weighted by Gasteiger charge is -2.24. The van der Waals surface area contributed by atoms with Gasteiger partial charge in [0.25, 0.3) is 0 Å². The Morgan fingerprint density at radius 2 is 2.08 bits per heavy atom. The Balaban J connectivity index is 1.89. The van der Waals surface area contributed by atoms with Crippen molar-refractivity contribution in [3.63, 3.8) is 0 Å². The third-order valence-corrected chi connectivity index (χ3v) is 4.27. The lowest BCUT2D eigenvalue weighted by Crippen LogP contribution is -2.49. The van der Waals surface area contributed by atoms with E-state index in [9.17, 15) is 9.59 Å². The smallest absolute Gasteiger partial charge is 0.318 e. The van der Waals surface area contributed by atoms with E-state index < -0.39 is 0 Å². The van der Waals surface area contributed by atoms with Crippen molar-refractivity contribution < 1.29 is 14.3 Å². The van der Waals surface area contributed by atoms with Crippen LogP contribution in [0.4, 0.5) is 4.79 Å². The first-order valence-corrected chi connectivity index (χ1v) is 8.61.